The predicted molar refractivity (Wildman–Crippen MR) is 110 cm³/mol. The van der Waals surface area contributed by atoms with Gasteiger partial charge in [-0.3, -0.25) is 0 Å². The van der Waals surface area contributed by atoms with Gasteiger partial charge in [-0.05, 0) is 18.9 Å². The normalized spacial score (nSPS) is 17.7. The van der Waals surface area contributed by atoms with E-state index in [4.69, 9.17) is 9.72 Å². The highest BCUT2D eigenvalue weighted by Gasteiger charge is 2.21. The number of nitrogens with zero attached hydrogens (tertiary/aromatic N) is 6. The van der Waals surface area contributed by atoms with Gasteiger partial charge >= 0.3 is 0 Å². The van der Waals surface area contributed by atoms with Gasteiger partial charge in [0.1, 0.15) is 0 Å². The Balaban J connectivity index is 1.56. The summed E-state index contributed by atoms with van der Waals surface area (Å²) in [5.41, 5.74) is 3.94. The van der Waals surface area contributed by atoms with Crippen molar-refractivity contribution in [2.45, 2.75) is 12.8 Å². The minimum atomic E-state index is 0.455. The molecule has 0 bridgehead atoms. The number of nitrogens with one attached hydrogen (secondary N) is 1. The number of benzene rings is 1. The summed E-state index contributed by atoms with van der Waals surface area (Å²) in [6.07, 6.45) is 4.08. The SMILES string of the molecule is Brc1ccccc1/C=N\Nc1nc(N2CCCC2)nc(N2CCOCC2)n1. The molecule has 3 heterocycles. The van der Waals surface area contributed by atoms with Gasteiger partial charge in [-0.15, -0.1) is 0 Å². The second-order valence-electron chi connectivity index (χ2n) is 6.44. The van der Waals surface area contributed by atoms with Gasteiger partial charge < -0.3 is 14.5 Å². The van der Waals surface area contributed by atoms with Crippen LogP contribution in [0.25, 0.3) is 0 Å². The quantitative estimate of drug-likeness (QED) is 0.575. The first-order valence-electron chi connectivity index (χ1n) is 9.17. The van der Waals surface area contributed by atoms with E-state index in [0.717, 1.165) is 36.2 Å². The first kappa shape index (κ1) is 18.1. The molecule has 8 nitrogen and oxygen atoms in total. The Morgan fingerprint density at radius 1 is 0.963 bits per heavy atom. The third-order valence-corrected chi connectivity index (χ3v) is 5.29. The standard InChI is InChI=1S/C18H22BrN7O/c19-15-6-2-1-5-14(15)13-20-24-16-21-17(25-7-3-4-8-25)23-18(22-16)26-9-11-27-12-10-26/h1-2,5-6,13H,3-4,7-12H2,(H,21,22,23,24)/b20-13-. The van der Waals surface area contributed by atoms with Gasteiger partial charge in [0.2, 0.25) is 17.8 Å². The van der Waals surface area contributed by atoms with Crippen LogP contribution in [0.4, 0.5) is 17.8 Å². The van der Waals surface area contributed by atoms with E-state index in [0.29, 0.717) is 31.1 Å². The molecule has 142 valence electrons. The third kappa shape index (κ3) is 4.54. The number of morpholine rings is 1. The summed E-state index contributed by atoms with van der Waals surface area (Å²) in [6, 6.07) is 7.90. The maximum Gasteiger partial charge on any atom is 0.250 e. The highest BCUT2D eigenvalue weighted by atomic mass is 79.9. The van der Waals surface area contributed by atoms with Gasteiger partial charge in [0.15, 0.2) is 0 Å². The van der Waals surface area contributed by atoms with Crippen molar-refractivity contribution in [1.29, 1.82) is 0 Å². The van der Waals surface area contributed by atoms with Crippen LogP contribution in [0.2, 0.25) is 0 Å². The fourth-order valence-electron chi connectivity index (χ4n) is 3.11. The molecule has 2 fully saturated rings. The molecule has 0 radical (unpaired) electrons. The Morgan fingerprint density at radius 3 is 2.33 bits per heavy atom. The minimum Gasteiger partial charge on any atom is -0.378 e. The Labute approximate surface area is 166 Å². The number of hydrazone groups is 1. The molecular weight excluding hydrogens is 410 g/mol. The number of rotatable bonds is 5. The molecule has 0 spiro atoms. The van der Waals surface area contributed by atoms with Crippen molar-refractivity contribution in [3.05, 3.63) is 34.3 Å². The molecule has 27 heavy (non-hydrogen) atoms. The Morgan fingerprint density at radius 2 is 1.63 bits per heavy atom. The molecule has 0 amide bonds. The summed E-state index contributed by atoms with van der Waals surface area (Å²) in [5.74, 6) is 1.84. The van der Waals surface area contributed by atoms with Crippen molar-refractivity contribution < 1.29 is 4.74 Å². The van der Waals surface area contributed by atoms with Crippen LogP contribution < -0.4 is 15.2 Å². The second-order valence-corrected chi connectivity index (χ2v) is 7.30. The zero-order valence-electron chi connectivity index (χ0n) is 15.0. The second kappa shape index (κ2) is 8.62. The lowest BCUT2D eigenvalue weighted by Gasteiger charge is -2.27. The summed E-state index contributed by atoms with van der Waals surface area (Å²) >= 11 is 3.52. The van der Waals surface area contributed by atoms with E-state index in [1.165, 1.54) is 12.8 Å². The topological polar surface area (TPSA) is 78.8 Å². The fourth-order valence-corrected chi connectivity index (χ4v) is 3.49. The van der Waals surface area contributed by atoms with Gasteiger partial charge in [0.25, 0.3) is 0 Å². The largest absolute Gasteiger partial charge is 0.378 e. The van der Waals surface area contributed by atoms with Crippen molar-refractivity contribution in [1.82, 2.24) is 15.0 Å². The van der Waals surface area contributed by atoms with Crippen LogP contribution in [-0.2, 0) is 4.74 Å². The van der Waals surface area contributed by atoms with Crippen molar-refractivity contribution in [3.8, 4) is 0 Å². The zero-order chi connectivity index (χ0) is 18.5. The summed E-state index contributed by atoms with van der Waals surface area (Å²) in [4.78, 5) is 18.2. The molecule has 0 aliphatic carbocycles. The van der Waals surface area contributed by atoms with E-state index >= 15 is 0 Å². The van der Waals surface area contributed by atoms with Crippen LogP contribution >= 0.6 is 15.9 Å². The van der Waals surface area contributed by atoms with Crippen molar-refractivity contribution in [2.24, 2.45) is 5.10 Å². The van der Waals surface area contributed by atoms with Crippen LogP contribution in [0.15, 0.2) is 33.8 Å². The number of hydrogen-bond acceptors (Lipinski definition) is 8. The molecule has 1 N–H and O–H groups in total. The fraction of sp³-hybridized carbons (Fsp3) is 0.444. The van der Waals surface area contributed by atoms with Crippen LogP contribution in [0.3, 0.4) is 0 Å². The highest BCUT2D eigenvalue weighted by molar-refractivity contribution is 9.10. The molecule has 2 saturated heterocycles. The average Bonchev–Trinajstić information content (AvgIpc) is 3.25. The van der Waals surface area contributed by atoms with Crippen LogP contribution in [0.5, 0.6) is 0 Å². The number of hydrogen-bond donors (Lipinski definition) is 1. The summed E-state index contributed by atoms with van der Waals surface area (Å²) < 4.78 is 6.42. The molecule has 0 unspecified atom stereocenters. The lowest BCUT2D eigenvalue weighted by Crippen LogP contribution is -2.38. The number of aromatic nitrogens is 3. The monoisotopic (exact) mass is 431 g/mol. The van der Waals surface area contributed by atoms with E-state index in [1.54, 1.807) is 6.21 Å². The van der Waals surface area contributed by atoms with Crippen molar-refractivity contribution in [3.63, 3.8) is 0 Å². The first-order chi connectivity index (χ1) is 13.3. The van der Waals surface area contributed by atoms with Gasteiger partial charge in [0.05, 0.1) is 19.4 Å². The zero-order valence-corrected chi connectivity index (χ0v) is 16.6. The molecule has 2 aliphatic rings. The molecule has 1 aromatic carbocycles. The number of ether oxygens (including phenoxy) is 1. The molecular formula is C18H22BrN7O. The van der Waals surface area contributed by atoms with E-state index in [9.17, 15) is 0 Å². The molecule has 0 atom stereocenters. The van der Waals surface area contributed by atoms with Gasteiger partial charge in [0, 0.05) is 36.2 Å². The summed E-state index contributed by atoms with van der Waals surface area (Å²) in [7, 11) is 0. The van der Waals surface area contributed by atoms with Crippen LogP contribution in [-0.4, -0.2) is 60.6 Å². The minimum absolute atomic E-state index is 0.455. The lowest BCUT2D eigenvalue weighted by molar-refractivity contribution is 0.122. The molecule has 0 saturated carbocycles. The van der Waals surface area contributed by atoms with E-state index < -0.39 is 0 Å². The number of halogens is 1. The van der Waals surface area contributed by atoms with Gasteiger partial charge in [-0.1, -0.05) is 34.1 Å². The Kier molecular flexibility index (Phi) is 5.78. The smallest absolute Gasteiger partial charge is 0.250 e. The van der Waals surface area contributed by atoms with Crippen LogP contribution in [0, 0.1) is 0 Å². The molecule has 4 rings (SSSR count). The van der Waals surface area contributed by atoms with E-state index in [-0.39, 0.29) is 0 Å². The average molecular weight is 432 g/mol. The number of anilines is 3. The molecule has 2 aromatic rings. The summed E-state index contributed by atoms with van der Waals surface area (Å²) in [5, 5.41) is 4.31. The van der Waals surface area contributed by atoms with Gasteiger partial charge in [-0.25, -0.2) is 5.43 Å². The third-order valence-electron chi connectivity index (χ3n) is 4.57. The van der Waals surface area contributed by atoms with Crippen molar-refractivity contribution >= 4 is 40.0 Å². The van der Waals surface area contributed by atoms with E-state index in [2.05, 4.69) is 46.2 Å². The molecule has 2 aliphatic heterocycles. The predicted octanol–water partition coefficient (Wildman–Crippen LogP) is 2.52. The Bertz CT molecular complexity index is 804. The maximum atomic E-state index is 5.44. The lowest BCUT2D eigenvalue weighted by atomic mass is 10.2. The van der Waals surface area contributed by atoms with Gasteiger partial charge in [-0.2, -0.15) is 20.1 Å². The molecule has 9 heteroatoms. The maximum absolute atomic E-state index is 5.44. The van der Waals surface area contributed by atoms with Crippen LogP contribution in [0.1, 0.15) is 18.4 Å². The Hall–Kier alpha value is -2.26. The van der Waals surface area contributed by atoms with Crippen molar-refractivity contribution in [2.75, 3.05) is 54.6 Å². The van der Waals surface area contributed by atoms with E-state index in [1.807, 2.05) is 24.3 Å². The first-order valence-corrected chi connectivity index (χ1v) is 9.96. The summed E-state index contributed by atoms with van der Waals surface area (Å²) in [6.45, 7) is 4.89. The highest BCUT2D eigenvalue weighted by Crippen LogP contribution is 2.21. The molecule has 1 aromatic heterocycles.